The van der Waals surface area contributed by atoms with Gasteiger partial charge in [0.1, 0.15) is 10.4 Å². The van der Waals surface area contributed by atoms with E-state index in [2.05, 4.69) is 95.6 Å². The van der Waals surface area contributed by atoms with Crippen molar-refractivity contribution in [2.45, 2.75) is 33.1 Å². The lowest BCUT2D eigenvalue weighted by atomic mass is 9.87. The molecule has 0 saturated heterocycles. The van der Waals surface area contributed by atoms with Crippen LogP contribution < -0.4 is 0 Å². The molecule has 0 aliphatic carbocycles. The zero-order valence-electron chi connectivity index (χ0n) is 12.8. The first-order chi connectivity index (χ1) is 9.86. The van der Waals surface area contributed by atoms with Gasteiger partial charge in [-0.3, -0.25) is 4.40 Å². The number of fused-ring (bicyclic) bond motifs is 1. The Balaban J connectivity index is 2.14. The summed E-state index contributed by atoms with van der Waals surface area (Å²) in [5, 5.41) is 0. The van der Waals surface area contributed by atoms with Crippen molar-refractivity contribution in [1.82, 2.24) is 9.38 Å². The monoisotopic (exact) mass is 342 g/mol. The molecule has 3 rings (SSSR count). The molecule has 0 radical (unpaired) electrons. The van der Waals surface area contributed by atoms with Crippen LogP contribution in [-0.4, -0.2) is 9.38 Å². The predicted octanol–water partition coefficient (Wildman–Crippen LogP) is 5.37. The largest absolute Gasteiger partial charge is 0.298 e. The number of aromatic nitrogens is 2. The summed E-state index contributed by atoms with van der Waals surface area (Å²) in [5.41, 5.74) is 4.96. The quantitative estimate of drug-likeness (QED) is 0.581. The fourth-order valence-electron chi connectivity index (χ4n) is 2.48. The Morgan fingerprint density at radius 3 is 2.29 bits per heavy atom. The van der Waals surface area contributed by atoms with E-state index in [4.69, 9.17) is 0 Å². The third kappa shape index (κ3) is 2.62. The van der Waals surface area contributed by atoms with Crippen molar-refractivity contribution < 1.29 is 0 Å². The maximum Gasteiger partial charge on any atom is 0.145 e. The third-order valence-electron chi connectivity index (χ3n) is 3.75. The zero-order valence-corrected chi connectivity index (χ0v) is 14.4. The highest BCUT2D eigenvalue weighted by Gasteiger charge is 2.15. The van der Waals surface area contributed by atoms with E-state index in [-0.39, 0.29) is 5.41 Å². The van der Waals surface area contributed by atoms with E-state index in [1.807, 2.05) is 0 Å². The Labute approximate surface area is 134 Å². The highest BCUT2D eigenvalue weighted by Crippen LogP contribution is 2.29. The SMILES string of the molecule is Cc1ccc2c(Br)nc(-c3ccc(C(C)(C)C)cc3)n2c1. The Bertz CT molecular complexity index is 792. The van der Waals surface area contributed by atoms with Gasteiger partial charge >= 0.3 is 0 Å². The van der Waals surface area contributed by atoms with Gasteiger partial charge < -0.3 is 0 Å². The molecule has 2 aromatic heterocycles. The number of halogens is 1. The van der Waals surface area contributed by atoms with Gasteiger partial charge in [-0.25, -0.2) is 4.98 Å². The van der Waals surface area contributed by atoms with Crippen LogP contribution in [0.5, 0.6) is 0 Å². The number of aryl methyl sites for hydroxylation is 1. The number of pyridine rings is 1. The Kier molecular flexibility index (Phi) is 3.40. The lowest BCUT2D eigenvalue weighted by Gasteiger charge is -2.19. The van der Waals surface area contributed by atoms with Gasteiger partial charge in [-0.2, -0.15) is 0 Å². The number of nitrogens with zero attached hydrogens (tertiary/aromatic N) is 2. The van der Waals surface area contributed by atoms with Crippen molar-refractivity contribution in [3.05, 3.63) is 58.3 Å². The van der Waals surface area contributed by atoms with Crippen LogP contribution in [0, 0.1) is 6.92 Å². The normalized spacial score (nSPS) is 12.0. The molecule has 0 N–H and O–H groups in total. The molecule has 1 aromatic carbocycles. The second-order valence-corrected chi connectivity index (χ2v) is 7.27. The van der Waals surface area contributed by atoms with Gasteiger partial charge in [-0.15, -0.1) is 0 Å². The van der Waals surface area contributed by atoms with Crippen LogP contribution in [0.4, 0.5) is 0 Å². The fourth-order valence-corrected chi connectivity index (χ4v) is 2.97. The number of benzene rings is 1. The van der Waals surface area contributed by atoms with Crippen molar-refractivity contribution in [2.24, 2.45) is 0 Å². The Morgan fingerprint density at radius 2 is 1.67 bits per heavy atom. The number of hydrogen-bond acceptors (Lipinski definition) is 1. The van der Waals surface area contributed by atoms with Gasteiger partial charge in [0, 0.05) is 11.8 Å². The molecular formula is C18H19BrN2. The van der Waals surface area contributed by atoms with Crippen LogP contribution in [-0.2, 0) is 5.41 Å². The molecule has 0 spiro atoms. The van der Waals surface area contributed by atoms with Gasteiger partial charge in [0.25, 0.3) is 0 Å². The highest BCUT2D eigenvalue weighted by atomic mass is 79.9. The van der Waals surface area contributed by atoms with Gasteiger partial charge in [-0.1, -0.05) is 51.1 Å². The van der Waals surface area contributed by atoms with E-state index in [9.17, 15) is 0 Å². The number of rotatable bonds is 1. The molecule has 0 fully saturated rings. The second kappa shape index (κ2) is 4.99. The minimum Gasteiger partial charge on any atom is -0.298 e. The molecule has 0 atom stereocenters. The molecule has 0 saturated carbocycles. The van der Waals surface area contributed by atoms with Crippen LogP contribution in [0.15, 0.2) is 47.2 Å². The molecule has 108 valence electrons. The molecular weight excluding hydrogens is 324 g/mol. The molecule has 0 unspecified atom stereocenters. The fraction of sp³-hybridized carbons (Fsp3) is 0.278. The summed E-state index contributed by atoms with van der Waals surface area (Å²) in [6, 6.07) is 12.9. The molecule has 0 amide bonds. The van der Waals surface area contributed by atoms with Gasteiger partial charge in [-0.05, 0) is 45.5 Å². The highest BCUT2D eigenvalue weighted by molar-refractivity contribution is 9.10. The average Bonchev–Trinajstić information content (AvgIpc) is 2.75. The average molecular weight is 343 g/mol. The van der Waals surface area contributed by atoms with Crippen LogP contribution in [0.1, 0.15) is 31.9 Å². The summed E-state index contributed by atoms with van der Waals surface area (Å²) in [6.45, 7) is 8.78. The predicted molar refractivity (Wildman–Crippen MR) is 91.8 cm³/mol. The summed E-state index contributed by atoms with van der Waals surface area (Å²) in [7, 11) is 0. The second-order valence-electron chi connectivity index (χ2n) is 6.52. The summed E-state index contributed by atoms with van der Waals surface area (Å²) in [6.07, 6.45) is 2.13. The molecule has 21 heavy (non-hydrogen) atoms. The van der Waals surface area contributed by atoms with Crippen LogP contribution in [0.3, 0.4) is 0 Å². The first-order valence-electron chi connectivity index (χ1n) is 7.11. The van der Waals surface area contributed by atoms with E-state index >= 15 is 0 Å². The number of imidazole rings is 1. The third-order valence-corrected chi connectivity index (χ3v) is 4.33. The minimum atomic E-state index is 0.171. The van der Waals surface area contributed by atoms with E-state index in [1.54, 1.807) is 0 Å². The van der Waals surface area contributed by atoms with Crippen LogP contribution in [0.25, 0.3) is 16.9 Å². The molecule has 2 nitrogen and oxygen atoms in total. The van der Waals surface area contributed by atoms with Crippen molar-refractivity contribution in [3.8, 4) is 11.4 Å². The standard InChI is InChI=1S/C18H19BrN2/c1-12-5-10-15-16(19)20-17(21(15)11-12)13-6-8-14(9-7-13)18(2,3)4/h5-11H,1-4H3. The zero-order chi connectivity index (χ0) is 15.2. The van der Waals surface area contributed by atoms with Crippen molar-refractivity contribution in [2.75, 3.05) is 0 Å². The summed E-state index contributed by atoms with van der Waals surface area (Å²) in [5.74, 6) is 0.973. The lowest BCUT2D eigenvalue weighted by Crippen LogP contribution is -2.10. The van der Waals surface area contributed by atoms with Crippen LogP contribution >= 0.6 is 15.9 Å². The molecule has 3 heteroatoms. The van der Waals surface area contributed by atoms with E-state index in [1.165, 1.54) is 11.1 Å². The van der Waals surface area contributed by atoms with Crippen molar-refractivity contribution in [3.63, 3.8) is 0 Å². The van der Waals surface area contributed by atoms with E-state index in [0.717, 1.165) is 21.5 Å². The van der Waals surface area contributed by atoms with Gasteiger partial charge in [0.15, 0.2) is 0 Å². The first kappa shape index (κ1) is 14.3. The van der Waals surface area contributed by atoms with E-state index < -0.39 is 0 Å². The summed E-state index contributed by atoms with van der Waals surface area (Å²) < 4.78 is 3.03. The van der Waals surface area contributed by atoms with Gasteiger partial charge in [0.2, 0.25) is 0 Å². The maximum absolute atomic E-state index is 4.67. The molecule has 0 aliphatic rings. The summed E-state index contributed by atoms with van der Waals surface area (Å²) >= 11 is 3.55. The van der Waals surface area contributed by atoms with E-state index in [0.29, 0.717) is 0 Å². The number of hydrogen-bond donors (Lipinski definition) is 0. The van der Waals surface area contributed by atoms with Crippen molar-refractivity contribution >= 4 is 21.4 Å². The molecule has 0 bridgehead atoms. The molecule has 3 aromatic rings. The lowest BCUT2D eigenvalue weighted by molar-refractivity contribution is 0.590. The molecule has 0 aliphatic heterocycles. The van der Waals surface area contributed by atoms with Gasteiger partial charge in [0.05, 0.1) is 5.52 Å². The van der Waals surface area contributed by atoms with Crippen LogP contribution in [0.2, 0.25) is 0 Å². The summed E-state index contributed by atoms with van der Waals surface area (Å²) in [4.78, 5) is 4.67. The minimum absolute atomic E-state index is 0.171. The van der Waals surface area contributed by atoms with Crippen molar-refractivity contribution in [1.29, 1.82) is 0 Å². The Morgan fingerprint density at radius 1 is 1.00 bits per heavy atom. The molecule has 2 heterocycles. The topological polar surface area (TPSA) is 17.3 Å². The smallest absolute Gasteiger partial charge is 0.145 e. The first-order valence-corrected chi connectivity index (χ1v) is 7.91. The Hall–Kier alpha value is -1.61. The maximum atomic E-state index is 4.67.